The highest BCUT2D eigenvalue weighted by molar-refractivity contribution is 7.91. The molecule has 0 unspecified atom stereocenters. The van der Waals surface area contributed by atoms with E-state index in [4.69, 9.17) is 9.47 Å². The van der Waals surface area contributed by atoms with E-state index in [2.05, 4.69) is 20.3 Å². The Morgan fingerprint density at radius 1 is 1.07 bits per heavy atom. The van der Waals surface area contributed by atoms with Crippen LogP contribution in [0.2, 0.25) is 0 Å². The summed E-state index contributed by atoms with van der Waals surface area (Å²) in [5.74, 6) is 2.00. The maximum atomic E-state index is 12.0. The van der Waals surface area contributed by atoms with E-state index in [0.717, 1.165) is 12.0 Å². The van der Waals surface area contributed by atoms with Crippen molar-refractivity contribution in [2.24, 2.45) is 4.99 Å². The van der Waals surface area contributed by atoms with Gasteiger partial charge < -0.3 is 20.1 Å². The second-order valence-electron chi connectivity index (χ2n) is 5.69. The van der Waals surface area contributed by atoms with E-state index in [0.29, 0.717) is 34.8 Å². The van der Waals surface area contributed by atoms with E-state index in [1.165, 1.54) is 11.3 Å². The summed E-state index contributed by atoms with van der Waals surface area (Å²) in [6, 6.07) is 9.09. The van der Waals surface area contributed by atoms with E-state index in [9.17, 15) is 8.42 Å². The molecule has 1 aromatic carbocycles. The molecule has 0 amide bonds. The first kappa shape index (κ1) is 22.0. The first-order valence-corrected chi connectivity index (χ1v) is 11.0. The van der Waals surface area contributed by atoms with Gasteiger partial charge in [0.25, 0.3) is 0 Å². The van der Waals surface area contributed by atoms with Crippen LogP contribution in [0.15, 0.2) is 44.9 Å². The third-order valence-corrected chi connectivity index (χ3v) is 6.71. The van der Waals surface area contributed by atoms with Crippen LogP contribution in [0.25, 0.3) is 0 Å². The van der Waals surface area contributed by atoms with Crippen molar-refractivity contribution in [2.45, 2.75) is 10.6 Å². The zero-order valence-electron chi connectivity index (χ0n) is 16.2. The maximum absolute atomic E-state index is 12.0. The molecule has 8 nitrogen and oxygen atoms in total. The Bertz CT molecular complexity index is 868. The maximum Gasteiger partial charge on any atom is 0.250 e. The summed E-state index contributed by atoms with van der Waals surface area (Å²) in [4.78, 5) is 4.14. The van der Waals surface area contributed by atoms with Crippen molar-refractivity contribution in [3.63, 3.8) is 0 Å². The van der Waals surface area contributed by atoms with Gasteiger partial charge in [0, 0.05) is 26.7 Å². The second-order valence-corrected chi connectivity index (χ2v) is 8.64. The van der Waals surface area contributed by atoms with Gasteiger partial charge in [0.05, 0.1) is 14.2 Å². The summed E-state index contributed by atoms with van der Waals surface area (Å²) in [6.07, 6.45) is 0.770. The van der Waals surface area contributed by atoms with Crippen molar-refractivity contribution in [3.8, 4) is 11.5 Å². The van der Waals surface area contributed by atoms with Gasteiger partial charge >= 0.3 is 0 Å². The molecule has 0 aliphatic rings. The molecule has 0 spiro atoms. The highest BCUT2D eigenvalue weighted by Crippen LogP contribution is 2.27. The standard InChI is InChI=1S/C18H26N4O4S2/c1-19-18(21-10-11-22-28(23,24)17-5-4-12-27-17)20-9-8-14-6-7-15(25-2)16(13-14)26-3/h4-7,12-13,22H,8-11H2,1-3H3,(H2,19,20,21). The first-order chi connectivity index (χ1) is 13.5. The third kappa shape index (κ3) is 6.39. The van der Waals surface area contributed by atoms with Gasteiger partial charge in [-0.3, -0.25) is 4.99 Å². The van der Waals surface area contributed by atoms with Gasteiger partial charge in [-0.05, 0) is 35.6 Å². The normalized spacial score (nSPS) is 11.9. The highest BCUT2D eigenvalue weighted by Gasteiger charge is 2.13. The molecule has 154 valence electrons. The topological polar surface area (TPSA) is 101 Å². The van der Waals surface area contributed by atoms with Crippen LogP contribution >= 0.6 is 11.3 Å². The molecule has 2 aromatic rings. The molecule has 1 heterocycles. The van der Waals surface area contributed by atoms with Gasteiger partial charge in [0.2, 0.25) is 10.0 Å². The van der Waals surface area contributed by atoms with E-state index < -0.39 is 10.0 Å². The van der Waals surface area contributed by atoms with E-state index >= 15 is 0 Å². The fourth-order valence-electron chi connectivity index (χ4n) is 2.44. The molecule has 0 saturated heterocycles. The van der Waals surface area contributed by atoms with Gasteiger partial charge in [-0.2, -0.15) is 0 Å². The molecule has 0 aliphatic carbocycles. The minimum absolute atomic E-state index is 0.261. The lowest BCUT2D eigenvalue weighted by Crippen LogP contribution is -2.42. The number of benzene rings is 1. The molecule has 10 heteroatoms. The summed E-state index contributed by atoms with van der Waals surface area (Å²) < 4.78 is 37.5. The summed E-state index contributed by atoms with van der Waals surface area (Å²) in [7, 11) is 1.44. The number of nitrogens with one attached hydrogen (secondary N) is 3. The Kier molecular flexibility index (Phi) is 8.55. The molecule has 2 rings (SSSR count). The van der Waals surface area contributed by atoms with Crippen LogP contribution < -0.4 is 24.8 Å². The predicted octanol–water partition coefficient (Wildman–Crippen LogP) is 1.45. The number of sulfonamides is 1. The lowest BCUT2D eigenvalue weighted by molar-refractivity contribution is 0.354. The van der Waals surface area contributed by atoms with Crippen molar-refractivity contribution in [2.75, 3.05) is 40.9 Å². The molecule has 0 radical (unpaired) electrons. The Balaban J connectivity index is 1.73. The number of guanidine groups is 1. The number of nitrogens with zero attached hydrogens (tertiary/aromatic N) is 1. The summed E-state index contributed by atoms with van der Waals surface area (Å²) in [6.45, 7) is 1.34. The zero-order chi connectivity index (χ0) is 20.4. The van der Waals surface area contributed by atoms with Crippen LogP contribution in [0.4, 0.5) is 0 Å². The van der Waals surface area contributed by atoms with Crippen LogP contribution in [0.1, 0.15) is 5.56 Å². The Labute approximate surface area is 170 Å². The molecule has 28 heavy (non-hydrogen) atoms. The molecule has 0 fully saturated rings. The second kappa shape index (κ2) is 10.9. The number of hydrogen-bond acceptors (Lipinski definition) is 6. The number of thiophene rings is 1. The van der Waals surface area contributed by atoms with Crippen molar-refractivity contribution in [1.29, 1.82) is 0 Å². The van der Waals surface area contributed by atoms with E-state index in [-0.39, 0.29) is 6.54 Å². The molecule has 0 aliphatic heterocycles. The van der Waals surface area contributed by atoms with Crippen LogP contribution in [-0.2, 0) is 16.4 Å². The Hall–Kier alpha value is -2.30. The zero-order valence-corrected chi connectivity index (χ0v) is 17.8. The fourth-order valence-corrected chi connectivity index (χ4v) is 4.51. The van der Waals surface area contributed by atoms with Crippen LogP contribution in [0.3, 0.4) is 0 Å². The number of aliphatic imine (C=N–C) groups is 1. The van der Waals surface area contributed by atoms with E-state index in [1.807, 2.05) is 18.2 Å². The van der Waals surface area contributed by atoms with Gasteiger partial charge in [-0.25, -0.2) is 13.1 Å². The highest BCUT2D eigenvalue weighted by atomic mass is 32.2. The van der Waals surface area contributed by atoms with Crippen LogP contribution in [-0.4, -0.2) is 55.3 Å². The lowest BCUT2D eigenvalue weighted by atomic mass is 10.1. The SMILES string of the molecule is CN=C(NCCNS(=O)(=O)c1cccs1)NCCc1ccc(OC)c(OC)c1. The minimum Gasteiger partial charge on any atom is -0.493 e. The summed E-state index contributed by atoms with van der Waals surface area (Å²) in [5, 5.41) is 8.02. The summed E-state index contributed by atoms with van der Waals surface area (Å²) in [5.41, 5.74) is 1.10. The van der Waals surface area contributed by atoms with Crippen LogP contribution in [0.5, 0.6) is 11.5 Å². The lowest BCUT2D eigenvalue weighted by Gasteiger charge is -2.13. The van der Waals surface area contributed by atoms with Crippen molar-refractivity contribution >= 4 is 27.3 Å². The van der Waals surface area contributed by atoms with Crippen molar-refractivity contribution in [1.82, 2.24) is 15.4 Å². The van der Waals surface area contributed by atoms with Gasteiger partial charge in [-0.15, -0.1) is 11.3 Å². The molecular weight excluding hydrogens is 400 g/mol. The molecule has 0 saturated carbocycles. The number of hydrogen-bond donors (Lipinski definition) is 3. The third-order valence-electron chi connectivity index (χ3n) is 3.85. The predicted molar refractivity (Wildman–Crippen MR) is 112 cm³/mol. The smallest absolute Gasteiger partial charge is 0.250 e. The monoisotopic (exact) mass is 426 g/mol. The Morgan fingerprint density at radius 2 is 1.82 bits per heavy atom. The van der Waals surface area contributed by atoms with Crippen molar-refractivity contribution < 1.29 is 17.9 Å². The number of rotatable bonds is 10. The quantitative estimate of drug-likeness (QED) is 0.302. The average molecular weight is 427 g/mol. The molecule has 1 aromatic heterocycles. The molecule has 3 N–H and O–H groups in total. The van der Waals surface area contributed by atoms with Gasteiger partial charge in [0.1, 0.15) is 4.21 Å². The fraction of sp³-hybridized carbons (Fsp3) is 0.389. The van der Waals surface area contributed by atoms with Gasteiger partial charge in [0.15, 0.2) is 17.5 Å². The molecular formula is C18H26N4O4S2. The molecule has 0 bridgehead atoms. The van der Waals surface area contributed by atoms with Gasteiger partial charge in [-0.1, -0.05) is 12.1 Å². The first-order valence-electron chi connectivity index (χ1n) is 8.68. The number of ether oxygens (including phenoxy) is 2. The van der Waals surface area contributed by atoms with E-state index in [1.54, 1.807) is 38.8 Å². The Morgan fingerprint density at radius 3 is 2.46 bits per heavy atom. The number of methoxy groups -OCH3 is 2. The minimum atomic E-state index is -3.44. The largest absolute Gasteiger partial charge is 0.493 e. The molecule has 0 atom stereocenters. The van der Waals surface area contributed by atoms with Crippen molar-refractivity contribution in [3.05, 3.63) is 41.3 Å². The summed E-state index contributed by atoms with van der Waals surface area (Å²) >= 11 is 1.19. The van der Waals surface area contributed by atoms with Crippen LogP contribution in [0, 0.1) is 0 Å². The average Bonchev–Trinajstić information content (AvgIpc) is 3.25.